The maximum Gasteiger partial charge on any atom is 0.253 e. The van der Waals surface area contributed by atoms with E-state index in [1.54, 1.807) is 4.90 Å². The van der Waals surface area contributed by atoms with Crippen LogP contribution in [0.25, 0.3) is 11.1 Å². The van der Waals surface area contributed by atoms with Gasteiger partial charge < -0.3 is 10.2 Å². The van der Waals surface area contributed by atoms with Crippen LogP contribution in [-0.4, -0.2) is 38.0 Å². The summed E-state index contributed by atoms with van der Waals surface area (Å²) in [6.45, 7) is 3.58. The molecule has 2 rings (SSSR count). The van der Waals surface area contributed by atoms with E-state index in [0.29, 0.717) is 6.54 Å². The van der Waals surface area contributed by atoms with E-state index in [9.17, 15) is 4.79 Å². The Morgan fingerprint density at radius 3 is 2.43 bits per heavy atom. The molecule has 0 unspecified atom stereocenters. The molecule has 1 amide bonds. The highest BCUT2D eigenvalue weighted by molar-refractivity contribution is 5.94. The van der Waals surface area contributed by atoms with Gasteiger partial charge in [-0.1, -0.05) is 42.0 Å². The van der Waals surface area contributed by atoms with Gasteiger partial charge >= 0.3 is 0 Å². The van der Waals surface area contributed by atoms with Crippen LogP contribution in [0.4, 0.5) is 0 Å². The summed E-state index contributed by atoms with van der Waals surface area (Å²) >= 11 is 0. The Kier molecular flexibility index (Phi) is 5.12. The van der Waals surface area contributed by atoms with Gasteiger partial charge in [-0.3, -0.25) is 4.79 Å². The minimum absolute atomic E-state index is 0.0565. The molecule has 0 radical (unpaired) electrons. The van der Waals surface area contributed by atoms with Crippen LogP contribution in [-0.2, 0) is 0 Å². The van der Waals surface area contributed by atoms with E-state index in [4.69, 9.17) is 0 Å². The van der Waals surface area contributed by atoms with Crippen LogP contribution in [0.15, 0.2) is 48.5 Å². The highest BCUT2D eigenvalue weighted by Gasteiger charge is 2.11. The van der Waals surface area contributed by atoms with Crippen LogP contribution < -0.4 is 5.32 Å². The van der Waals surface area contributed by atoms with Crippen molar-refractivity contribution < 1.29 is 4.79 Å². The van der Waals surface area contributed by atoms with Crippen molar-refractivity contribution in [1.29, 1.82) is 0 Å². The first-order valence-corrected chi connectivity index (χ1v) is 7.19. The van der Waals surface area contributed by atoms with E-state index in [-0.39, 0.29) is 5.91 Å². The summed E-state index contributed by atoms with van der Waals surface area (Å²) < 4.78 is 0. The van der Waals surface area contributed by atoms with Crippen molar-refractivity contribution in [3.8, 4) is 11.1 Å². The summed E-state index contributed by atoms with van der Waals surface area (Å²) in [6.07, 6.45) is 0. The van der Waals surface area contributed by atoms with Gasteiger partial charge in [0, 0.05) is 25.7 Å². The van der Waals surface area contributed by atoms with E-state index < -0.39 is 0 Å². The zero-order valence-electron chi connectivity index (χ0n) is 12.9. The number of carbonyl (C=O) groups excluding carboxylic acids is 1. The molecule has 21 heavy (non-hydrogen) atoms. The van der Waals surface area contributed by atoms with E-state index in [1.165, 1.54) is 11.1 Å². The first-order valence-electron chi connectivity index (χ1n) is 7.19. The summed E-state index contributed by atoms with van der Waals surface area (Å²) in [5, 5.41) is 3.05. The first-order chi connectivity index (χ1) is 10.1. The van der Waals surface area contributed by atoms with Crippen molar-refractivity contribution in [3.05, 3.63) is 59.7 Å². The fraction of sp³-hybridized carbons (Fsp3) is 0.278. The maximum absolute atomic E-state index is 12.3. The Morgan fingerprint density at radius 1 is 1.10 bits per heavy atom. The van der Waals surface area contributed by atoms with Crippen LogP contribution >= 0.6 is 0 Å². The van der Waals surface area contributed by atoms with Gasteiger partial charge in [-0.25, -0.2) is 0 Å². The Bertz CT molecular complexity index is 605. The summed E-state index contributed by atoms with van der Waals surface area (Å²) in [4.78, 5) is 14.0. The molecule has 110 valence electrons. The largest absolute Gasteiger partial charge is 0.340 e. The highest BCUT2D eigenvalue weighted by Crippen LogP contribution is 2.21. The summed E-state index contributed by atoms with van der Waals surface area (Å²) in [6, 6.07) is 16.2. The minimum atomic E-state index is 0.0565. The maximum atomic E-state index is 12.3. The average molecular weight is 282 g/mol. The smallest absolute Gasteiger partial charge is 0.253 e. The number of hydrogen-bond donors (Lipinski definition) is 1. The topological polar surface area (TPSA) is 32.3 Å². The van der Waals surface area contributed by atoms with Gasteiger partial charge in [0.05, 0.1) is 0 Å². The zero-order valence-corrected chi connectivity index (χ0v) is 12.9. The van der Waals surface area contributed by atoms with Crippen LogP contribution in [0, 0.1) is 6.92 Å². The molecule has 0 fully saturated rings. The van der Waals surface area contributed by atoms with Crippen LogP contribution in [0.3, 0.4) is 0 Å². The third-order valence-corrected chi connectivity index (χ3v) is 3.53. The monoisotopic (exact) mass is 282 g/mol. The van der Waals surface area contributed by atoms with Crippen molar-refractivity contribution in [1.82, 2.24) is 10.2 Å². The normalized spacial score (nSPS) is 10.4. The zero-order chi connectivity index (χ0) is 15.2. The Hall–Kier alpha value is -2.13. The van der Waals surface area contributed by atoms with Crippen LogP contribution in [0.5, 0.6) is 0 Å². The molecule has 2 aromatic rings. The molecule has 0 heterocycles. The average Bonchev–Trinajstić information content (AvgIpc) is 2.52. The molecule has 0 saturated heterocycles. The molecule has 3 nitrogen and oxygen atoms in total. The lowest BCUT2D eigenvalue weighted by Crippen LogP contribution is -2.32. The Balaban J connectivity index is 2.13. The number of aryl methyl sites for hydroxylation is 1. The number of likely N-dealkylation sites (N-methyl/N-ethyl adjacent to an activating group) is 2. The van der Waals surface area contributed by atoms with Crippen LogP contribution in [0.2, 0.25) is 0 Å². The quantitative estimate of drug-likeness (QED) is 0.914. The molecule has 0 aliphatic heterocycles. The lowest BCUT2D eigenvalue weighted by molar-refractivity contribution is 0.0797. The number of hydrogen-bond acceptors (Lipinski definition) is 2. The molecular formula is C18H22N2O. The third kappa shape index (κ3) is 3.92. The molecule has 0 saturated carbocycles. The molecule has 0 bridgehead atoms. The van der Waals surface area contributed by atoms with E-state index in [2.05, 4.69) is 36.5 Å². The lowest BCUT2D eigenvalue weighted by Gasteiger charge is -2.17. The second kappa shape index (κ2) is 7.04. The van der Waals surface area contributed by atoms with Crippen molar-refractivity contribution >= 4 is 5.91 Å². The van der Waals surface area contributed by atoms with Gasteiger partial charge in [0.15, 0.2) is 0 Å². The predicted molar refractivity (Wildman–Crippen MR) is 87.5 cm³/mol. The second-order valence-electron chi connectivity index (χ2n) is 5.28. The van der Waals surface area contributed by atoms with E-state index >= 15 is 0 Å². The van der Waals surface area contributed by atoms with Gasteiger partial charge in [0.1, 0.15) is 0 Å². The molecule has 0 aromatic heterocycles. The minimum Gasteiger partial charge on any atom is -0.340 e. The van der Waals surface area contributed by atoms with Crippen molar-refractivity contribution in [3.63, 3.8) is 0 Å². The summed E-state index contributed by atoms with van der Waals surface area (Å²) in [5.41, 5.74) is 4.27. The van der Waals surface area contributed by atoms with Gasteiger partial charge in [0.25, 0.3) is 5.91 Å². The van der Waals surface area contributed by atoms with Crippen LogP contribution in [0.1, 0.15) is 15.9 Å². The fourth-order valence-corrected chi connectivity index (χ4v) is 2.23. The summed E-state index contributed by atoms with van der Waals surface area (Å²) in [5.74, 6) is 0.0565. The van der Waals surface area contributed by atoms with E-state index in [1.807, 2.05) is 38.4 Å². The molecule has 0 spiro atoms. The molecule has 0 aliphatic carbocycles. The highest BCUT2D eigenvalue weighted by atomic mass is 16.2. The number of benzene rings is 2. The summed E-state index contributed by atoms with van der Waals surface area (Å²) in [7, 11) is 3.71. The van der Waals surface area contributed by atoms with E-state index in [0.717, 1.165) is 17.7 Å². The lowest BCUT2D eigenvalue weighted by atomic mass is 10.0. The fourth-order valence-electron chi connectivity index (χ4n) is 2.23. The second-order valence-corrected chi connectivity index (χ2v) is 5.28. The number of amides is 1. The molecule has 0 aliphatic rings. The molecule has 2 aromatic carbocycles. The number of carbonyl (C=O) groups is 1. The van der Waals surface area contributed by atoms with Crippen molar-refractivity contribution in [2.45, 2.75) is 6.92 Å². The van der Waals surface area contributed by atoms with Gasteiger partial charge in [-0.2, -0.15) is 0 Å². The number of rotatable bonds is 5. The first kappa shape index (κ1) is 15.3. The Labute approximate surface area is 126 Å². The van der Waals surface area contributed by atoms with Crippen molar-refractivity contribution in [2.75, 3.05) is 27.2 Å². The number of nitrogens with zero attached hydrogens (tertiary/aromatic N) is 1. The third-order valence-electron chi connectivity index (χ3n) is 3.53. The van der Waals surface area contributed by atoms with Gasteiger partial charge in [-0.15, -0.1) is 0 Å². The molecule has 3 heteroatoms. The SMILES string of the molecule is CNCCN(C)C(=O)c1ccc(-c2cccc(C)c2)cc1. The molecular weight excluding hydrogens is 260 g/mol. The standard InChI is InChI=1S/C18H22N2O/c1-14-5-4-6-17(13-14)15-7-9-16(10-8-15)18(21)20(3)12-11-19-2/h4-10,13,19H,11-12H2,1-3H3. The Morgan fingerprint density at radius 2 is 1.81 bits per heavy atom. The number of nitrogens with one attached hydrogen (secondary N) is 1. The molecule has 1 N–H and O–H groups in total. The predicted octanol–water partition coefficient (Wildman–Crippen LogP) is 2.95. The molecule has 0 atom stereocenters. The van der Waals surface area contributed by atoms with Gasteiger partial charge in [-0.05, 0) is 37.2 Å². The van der Waals surface area contributed by atoms with Gasteiger partial charge in [0.2, 0.25) is 0 Å². The van der Waals surface area contributed by atoms with Crippen molar-refractivity contribution in [2.24, 2.45) is 0 Å².